The Balaban J connectivity index is 1.72. The Labute approximate surface area is 143 Å². The van der Waals surface area contributed by atoms with Crippen molar-refractivity contribution >= 4 is 23.1 Å². The van der Waals surface area contributed by atoms with Crippen molar-refractivity contribution in [2.75, 3.05) is 23.3 Å². The molecule has 1 amide bonds. The summed E-state index contributed by atoms with van der Waals surface area (Å²) in [5.74, 6) is -0.235. The van der Waals surface area contributed by atoms with Gasteiger partial charge in [0.2, 0.25) is 0 Å². The van der Waals surface area contributed by atoms with Crippen LogP contribution in [0.4, 0.5) is 15.9 Å². The average Bonchev–Trinajstić information content (AvgIpc) is 3.23. The van der Waals surface area contributed by atoms with Crippen LogP contribution in [0.25, 0.3) is 5.65 Å². The van der Waals surface area contributed by atoms with E-state index in [2.05, 4.69) is 25.3 Å². The molecule has 0 unspecified atom stereocenters. The van der Waals surface area contributed by atoms with Crippen molar-refractivity contribution in [1.82, 2.24) is 19.6 Å². The van der Waals surface area contributed by atoms with Crippen LogP contribution in [0.3, 0.4) is 0 Å². The van der Waals surface area contributed by atoms with Crippen molar-refractivity contribution in [3.05, 3.63) is 47.8 Å². The van der Waals surface area contributed by atoms with E-state index in [1.165, 1.54) is 16.8 Å². The zero-order chi connectivity index (χ0) is 17.4. The van der Waals surface area contributed by atoms with E-state index in [0.29, 0.717) is 17.0 Å². The molecule has 1 fully saturated rings. The monoisotopic (exact) mass is 340 g/mol. The lowest BCUT2D eigenvalue weighted by molar-refractivity contribution is 0.101. The first-order valence-corrected chi connectivity index (χ1v) is 8.15. The summed E-state index contributed by atoms with van der Waals surface area (Å²) < 4.78 is 15.3. The van der Waals surface area contributed by atoms with Crippen LogP contribution in [0, 0.1) is 12.7 Å². The number of aromatic nitrogens is 4. The molecule has 3 aromatic heterocycles. The largest absolute Gasteiger partial charge is 0.355 e. The molecule has 0 saturated carbocycles. The van der Waals surface area contributed by atoms with E-state index in [9.17, 15) is 9.18 Å². The molecule has 128 valence electrons. The summed E-state index contributed by atoms with van der Waals surface area (Å²) >= 11 is 0. The lowest BCUT2D eigenvalue weighted by Gasteiger charge is -2.16. The predicted octanol–water partition coefficient (Wildman–Crippen LogP) is 2.42. The molecule has 4 rings (SSSR count). The molecular weight excluding hydrogens is 323 g/mol. The SMILES string of the molecule is Cc1nc2ccc(N3CCCC3)nn2c1C(=O)Nc1ccncc1F. The number of nitrogens with one attached hydrogen (secondary N) is 1. The Hall–Kier alpha value is -3.03. The summed E-state index contributed by atoms with van der Waals surface area (Å²) in [6, 6.07) is 5.17. The quantitative estimate of drug-likeness (QED) is 0.792. The average molecular weight is 340 g/mol. The smallest absolute Gasteiger partial charge is 0.276 e. The number of hydrogen-bond donors (Lipinski definition) is 1. The van der Waals surface area contributed by atoms with Gasteiger partial charge in [0.1, 0.15) is 5.82 Å². The molecule has 7 nitrogen and oxygen atoms in total. The topological polar surface area (TPSA) is 75.4 Å². The highest BCUT2D eigenvalue weighted by Gasteiger charge is 2.21. The fourth-order valence-corrected chi connectivity index (χ4v) is 3.07. The van der Waals surface area contributed by atoms with Crippen molar-refractivity contribution in [2.45, 2.75) is 19.8 Å². The normalized spacial score (nSPS) is 14.2. The van der Waals surface area contributed by atoms with Crippen LogP contribution in [0.15, 0.2) is 30.6 Å². The highest BCUT2D eigenvalue weighted by Crippen LogP contribution is 2.21. The van der Waals surface area contributed by atoms with Gasteiger partial charge in [-0.05, 0) is 38.0 Å². The second-order valence-corrected chi connectivity index (χ2v) is 6.01. The van der Waals surface area contributed by atoms with Gasteiger partial charge in [0.05, 0.1) is 17.6 Å². The molecule has 0 atom stereocenters. The lowest BCUT2D eigenvalue weighted by Crippen LogP contribution is -2.21. The summed E-state index contributed by atoms with van der Waals surface area (Å²) in [6.45, 7) is 3.65. The molecule has 0 spiro atoms. The minimum Gasteiger partial charge on any atom is -0.355 e. The van der Waals surface area contributed by atoms with Crippen LogP contribution in [-0.4, -0.2) is 38.6 Å². The van der Waals surface area contributed by atoms with E-state index in [1.54, 1.807) is 6.92 Å². The molecule has 8 heteroatoms. The van der Waals surface area contributed by atoms with E-state index in [1.807, 2.05) is 12.1 Å². The molecule has 0 bridgehead atoms. The summed E-state index contributed by atoms with van der Waals surface area (Å²) in [4.78, 5) is 22.9. The maximum atomic E-state index is 13.8. The molecule has 3 aromatic rings. The third-order valence-corrected chi connectivity index (χ3v) is 4.30. The maximum absolute atomic E-state index is 13.8. The molecule has 1 saturated heterocycles. The Morgan fingerprint density at radius 1 is 1.24 bits per heavy atom. The molecule has 1 aliphatic rings. The molecule has 25 heavy (non-hydrogen) atoms. The van der Waals surface area contributed by atoms with Crippen LogP contribution >= 0.6 is 0 Å². The van der Waals surface area contributed by atoms with Crippen LogP contribution in [0.5, 0.6) is 0 Å². The number of halogens is 1. The highest BCUT2D eigenvalue weighted by atomic mass is 19.1. The van der Waals surface area contributed by atoms with E-state index in [-0.39, 0.29) is 5.69 Å². The van der Waals surface area contributed by atoms with E-state index in [0.717, 1.165) is 37.9 Å². The third kappa shape index (κ3) is 2.79. The maximum Gasteiger partial charge on any atom is 0.276 e. The Bertz CT molecular complexity index is 947. The van der Waals surface area contributed by atoms with Gasteiger partial charge in [0, 0.05) is 19.3 Å². The number of anilines is 2. The summed E-state index contributed by atoms with van der Waals surface area (Å²) in [7, 11) is 0. The molecular formula is C17H17FN6O. The second kappa shape index (κ2) is 6.12. The standard InChI is InChI=1S/C17H17FN6O/c1-11-16(17(25)21-13-6-7-19-10-12(13)18)24-14(20-11)4-5-15(22-24)23-8-2-3-9-23/h4-7,10H,2-3,8-9H2,1H3,(H,19,21,25). The Morgan fingerprint density at radius 3 is 2.80 bits per heavy atom. The molecule has 0 aliphatic carbocycles. The van der Waals surface area contributed by atoms with Crippen LogP contribution in [0.1, 0.15) is 29.0 Å². The van der Waals surface area contributed by atoms with Gasteiger partial charge < -0.3 is 10.2 Å². The van der Waals surface area contributed by atoms with Crippen LogP contribution in [0.2, 0.25) is 0 Å². The molecule has 0 radical (unpaired) electrons. The first-order chi connectivity index (χ1) is 12.1. The number of carbonyl (C=O) groups is 1. The predicted molar refractivity (Wildman–Crippen MR) is 91.3 cm³/mol. The van der Waals surface area contributed by atoms with Gasteiger partial charge in [-0.1, -0.05) is 0 Å². The lowest BCUT2D eigenvalue weighted by atomic mass is 10.3. The van der Waals surface area contributed by atoms with E-state index in [4.69, 9.17) is 0 Å². The zero-order valence-corrected chi connectivity index (χ0v) is 13.7. The number of rotatable bonds is 3. The van der Waals surface area contributed by atoms with Gasteiger partial charge in [-0.15, -0.1) is 5.10 Å². The van der Waals surface area contributed by atoms with Crippen molar-refractivity contribution in [3.63, 3.8) is 0 Å². The number of hydrogen-bond acceptors (Lipinski definition) is 5. The van der Waals surface area contributed by atoms with Gasteiger partial charge in [0.15, 0.2) is 17.2 Å². The first kappa shape index (κ1) is 15.5. The van der Waals surface area contributed by atoms with Crippen LogP contribution in [-0.2, 0) is 0 Å². The van der Waals surface area contributed by atoms with Gasteiger partial charge in [0.25, 0.3) is 5.91 Å². The highest BCUT2D eigenvalue weighted by molar-refractivity contribution is 6.04. The van der Waals surface area contributed by atoms with Gasteiger partial charge >= 0.3 is 0 Å². The first-order valence-electron chi connectivity index (χ1n) is 8.15. The number of pyridine rings is 1. The molecule has 1 N–H and O–H groups in total. The van der Waals surface area contributed by atoms with Gasteiger partial charge in [-0.2, -0.15) is 0 Å². The summed E-state index contributed by atoms with van der Waals surface area (Å²) in [5, 5.41) is 7.14. The van der Waals surface area contributed by atoms with E-state index >= 15 is 0 Å². The van der Waals surface area contributed by atoms with Gasteiger partial charge in [-0.3, -0.25) is 9.78 Å². The van der Waals surface area contributed by atoms with E-state index < -0.39 is 11.7 Å². The van der Waals surface area contributed by atoms with Crippen molar-refractivity contribution in [1.29, 1.82) is 0 Å². The fourth-order valence-electron chi connectivity index (χ4n) is 3.07. The van der Waals surface area contributed by atoms with Crippen molar-refractivity contribution < 1.29 is 9.18 Å². The number of nitrogens with zero attached hydrogens (tertiary/aromatic N) is 5. The second-order valence-electron chi connectivity index (χ2n) is 6.01. The number of fused-ring (bicyclic) bond motifs is 1. The number of imidazole rings is 1. The Morgan fingerprint density at radius 2 is 2.04 bits per heavy atom. The van der Waals surface area contributed by atoms with Gasteiger partial charge in [-0.25, -0.2) is 13.9 Å². The van der Waals surface area contributed by atoms with Crippen LogP contribution < -0.4 is 10.2 Å². The number of aryl methyl sites for hydroxylation is 1. The summed E-state index contributed by atoms with van der Waals surface area (Å²) in [5.41, 5.74) is 1.50. The summed E-state index contributed by atoms with van der Waals surface area (Å²) in [6.07, 6.45) is 4.75. The Kier molecular flexibility index (Phi) is 3.79. The minimum atomic E-state index is -0.590. The minimum absolute atomic E-state index is 0.0741. The number of amides is 1. The van der Waals surface area contributed by atoms with Crippen molar-refractivity contribution in [2.24, 2.45) is 0 Å². The zero-order valence-electron chi connectivity index (χ0n) is 13.7. The molecule has 0 aromatic carbocycles. The molecule has 4 heterocycles. The number of carbonyl (C=O) groups excluding carboxylic acids is 1. The fraction of sp³-hybridized carbons (Fsp3) is 0.294. The van der Waals surface area contributed by atoms with Crippen molar-refractivity contribution in [3.8, 4) is 0 Å². The molecule has 1 aliphatic heterocycles. The third-order valence-electron chi connectivity index (χ3n) is 4.30.